The van der Waals surface area contributed by atoms with Crippen molar-refractivity contribution in [3.63, 3.8) is 0 Å². The lowest BCUT2D eigenvalue weighted by Crippen LogP contribution is -2.40. The van der Waals surface area contributed by atoms with Crippen molar-refractivity contribution in [3.05, 3.63) is 24.3 Å². The van der Waals surface area contributed by atoms with Crippen LogP contribution in [0.5, 0.6) is 0 Å². The van der Waals surface area contributed by atoms with Crippen LogP contribution in [0.2, 0.25) is 0 Å². The maximum atomic E-state index is 12.8. The highest BCUT2D eigenvalue weighted by Gasteiger charge is 2.40. The van der Waals surface area contributed by atoms with E-state index >= 15 is 0 Å². The minimum Gasteiger partial charge on any atom is -0.453 e. The molecule has 4 rings (SSSR count). The highest BCUT2D eigenvalue weighted by Crippen LogP contribution is 2.49. The van der Waals surface area contributed by atoms with Gasteiger partial charge >= 0.3 is 5.97 Å². The van der Waals surface area contributed by atoms with Crippen LogP contribution >= 0.6 is 0 Å². The number of anilines is 1. The summed E-state index contributed by atoms with van der Waals surface area (Å²) in [6, 6.07) is 6.11. The van der Waals surface area contributed by atoms with Crippen LogP contribution in [0.15, 0.2) is 29.2 Å². The number of esters is 1. The zero-order chi connectivity index (χ0) is 22.0. The summed E-state index contributed by atoms with van der Waals surface area (Å²) in [5.41, 5.74) is 0.343. The minimum atomic E-state index is -3.66. The number of benzene rings is 1. The van der Waals surface area contributed by atoms with Gasteiger partial charge < -0.3 is 14.8 Å². The summed E-state index contributed by atoms with van der Waals surface area (Å²) in [5.74, 6) is 0.928. The molecule has 9 heteroatoms. The maximum Gasteiger partial charge on any atom is 0.306 e. The van der Waals surface area contributed by atoms with Gasteiger partial charge in [-0.25, -0.2) is 8.42 Å². The molecule has 4 atom stereocenters. The van der Waals surface area contributed by atoms with Crippen LogP contribution in [0.1, 0.15) is 39.0 Å². The average Bonchev–Trinajstić information content (AvgIpc) is 3.37. The zero-order valence-electron chi connectivity index (χ0n) is 17.8. The molecule has 1 amide bonds. The lowest BCUT2D eigenvalue weighted by Gasteiger charge is -2.26. The van der Waals surface area contributed by atoms with Crippen molar-refractivity contribution < 1.29 is 27.5 Å². The molecule has 0 unspecified atom stereocenters. The molecule has 0 aromatic heterocycles. The molecule has 31 heavy (non-hydrogen) atoms. The van der Waals surface area contributed by atoms with Gasteiger partial charge in [-0.05, 0) is 62.1 Å². The van der Waals surface area contributed by atoms with E-state index < -0.39 is 22.0 Å². The van der Waals surface area contributed by atoms with Crippen LogP contribution in [-0.2, 0) is 29.1 Å². The van der Waals surface area contributed by atoms with E-state index in [-0.39, 0.29) is 10.9 Å². The molecule has 1 saturated heterocycles. The number of hydrogen-bond acceptors (Lipinski definition) is 6. The van der Waals surface area contributed by atoms with Gasteiger partial charge in [-0.1, -0.05) is 12.5 Å². The third-order valence-electron chi connectivity index (χ3n) is 6.70. The van der Waals surface area contributed by atoms with E-state index in [1.54, 1.807) is 12.1 Å². The van der Waals surface area contributed by atoms with E-state index in [4.69, 9.17) is 9.47 Å². The molecule has 2 aliphatic carbocycles. The van der Waals surface area contributed by atoms with E-state index in [1.165, 1.54) is 42.6 Å². The van der Waals surface area contributed by atoms with Crippen LogP contribution in [0, 0.1) is 17.8 Å². The van der Waals surface area contributed by atoms with Crippen LogP contribution in [0.25, 0.3) is 0 Å². The number of rotatable bonds is 7. The number of sulfonamides is 1. The number of morpholine rings is 1. The molecule has 0 radical (unpaired) electrons. The Labute approximate surface area is 183 Å². The third kappa shape index (κ3) is 5.10. The molecule has 3 fully saturated rings. The normalized spacial score (nSPS) is 27.1. The van der Waals surface area contributed by atoms with Gasteiger partial charge in [0.05, 0.1) is 18.1 Å². The van der Waals surface area contributed by atoms with Crippen LogP contribution in [0.3, 0.4) is 0 Å². The molecule has 2 saturated carbocycles. The highest BCUT2D eigenvalue weighted by molar-refractivity contribution is 7.89. The van der Waals surface area contributed by atoms with Gasteiger partial charge in [0.15, 0.2) is 6.10 Å². The molecule has 1 aliphatic heterocycles. The van der Waals surface area contributed by atoms with Crippen LogP contribution < -0.4 is 5.32 Å². The number of ether oxygens (including phenoxy) is 2. The van der Waals surface area contributed by atoms with Gasteiger partial charge in [-0.2, -0.15) is 4.31 Å². The number of amides is 1. The topological polar surface area (TPSA) is 102 Å². The Kier molecular flexibility index (Phi) is 6.64. The SMILES string of the molecule is C[C@H](OC(=O)C[C@H]1C[C@@H]2CC[C@@H]1C2)C(=O)Nc1cccc(S(=O)(=O)N2CCOCC2)c1. The van der Waals surface area contributed by atoms with Gasteiger partial charge in [-0.15, -0.1) is 0 Å². The Morgan fingerprint density at radius 3 is 2.68 bits per heavy atom. The predicted octanol–water partition coefficient (Wildman–Crippen LogP) is 2.40. The van der Waals surface area contributed by atoms with Crippen molar-refractivity contribution in [2.24, 2.45) is 17.8 Å². The van der Waals surface area contributed by atoms with Crippen LogP contribution in [0.4, 0.5) is 5.69 Å². The zero-order valence-corrected chi connectivity index (χ0v) is 18.6. The fraction of sp³-hybridized carbons (Fsp3) is 0.636. The van der Waals surface area contributed by atoms with Gasteiger partial charge in [0.1, 0.15) is 0 Å². The molecule has 2 bridgehead atoms. The molecule has 0 spiro atoms. The Balaban J connectivity index is 1.32. The lowest BCUT2D eigenvalue weighted by molar-refractivity contribution is -0.154. The average molecular weight is 451 g/mol. The van der Waals surface area contributed by atoms with Crippen molar-refractivity contribution in [2.45, 2.75) is 50.0 Å². The Morgan fingerprint density at radius 1 is 1.23 bits per heavy atom. The number of carbonyl (C=O) groups is 2. The smallest absolute Gasteiger partial charge is 0.306 e. The van der Waals surface area contributed by atoms with E-state index in [2.05, 4.69) is 5.32 Å². The fourth-order valence-electron chi connectivity index (χ4n) is 5.05. The molecule has 170 valence electrons. The van der Waals surface area contributed by atoms with Gasteiger partial charge in [0.2, 0.25) is 10.0 Å². The fourth-order valence-corrected chi connectivity index (χ4v) is 6.51. The van der Waals surface area contributed by atoms with Crippen molar-refractivity contribution >= 4 is 27.6 Å². The first-order chi connectivity index (χ1) is 14.8. The number of nitrogens with one attached hydrogen (secondary N) is 1. The first-order valence-electron chi connectivity index (χ1n) is 11.0. The highest BCUT2D eigenvalue weighted by atomic mass is 32.2. The summed E-state index contributed by atoms with van der Waals surface area (Å²) in [6.45, 7) is 2.85. The summed E-state index contributed by atoms with van der Waals surface area (Å²) in [5, 5.41) is 2.66. The molecule has 1 N–H and O–H groups in total. The first kappa shape index (κ1) is 22.2. The molecule has 1 aromatic rings. The van der Waals surface area contributed by atoms with Crippen molar-refractivity contribution in [1.82, 2.24) is 4.31 Å². The molecule has 8 nitrogen and oxygen atoms in total. The summed E-state index contributed by atoms with van der Waals surface area (Å²) in [4.78, 5) is 24.9. The van der Waals surface area contributed by atoms with Crippen molar-refractivity contribution in [1.29, 1.82) is 0 Å². The summed E-state index contributed by atoms with van der Waals surface area (Å²) in [7, 11) is -3.66. The summed E-state index contributed by atoms with van der Waals surface area (Å²) < 4.78 is 37.6. The van der Waals surface area contributed by atoms with Crippen molar-refractivity contribution in [3.8, 4) is 0 Å². The number of hydrogen-bond donors (Lipinski definition) is 1. The molecule has 3 aliphatic rings. The largest absolute Gasteiger partial charge is 0.453 e. The third-order valence-corrected chi connectivity index (χ3v) is 8.59. The second-order valence-corrected chi connectivity index (χ2v) is 10.7. The molecular formula is C22H30N2O6S. The molecular weight excluding hydrogens is 420 g/mol. The lowest BCUT2D eigenvalue weighted by atomic mass is 9.86. The Bertz CT molecular complexity index is 928. The number of nitrogens with zero attached hydrogens (tertiary/aromatic N) is 1. The van der Waals surface area contributed by atoms with Crippen LogP contribution in [-0.4, -0.2) is 57.0 Å². The van der Waals surface area contributed by atoms with E-state index in [9.17, 15) is 18.0 Å². The molecule has 1 aromatic carbocycles. The molecule has 1 heterocycles. The quantitative estimate of drug-likeness (QED) is 0.640. The first-order valence-corrected chi connectivity index (χ1v) is 12.4. The van der Waals surface area contributed by atoms with Gasteiger partial charge in [0, 0.05) is 25.2 Å². The number of carbonyl (C=O) groups excluding carboxylic acids is 2. The minimum absolute atomic E-state index is 0.105. The Morgan fingerprint density at radius 2 is 2.00 bits per heavy atom. The summed E-state index contributed by atoms with van der Waals surface area (Å²) in [6.07, 6.45) is 4.19. The van der Waals surface area contributed by atoms with E-state index in [0.717, 1.165) is 12.3 Å². The summed E-state index contributed by atoms with van der Waals surface area (Å²) >= 11 is 0. The predicted molar refractivity (Wildman–Crippen MR) is 114 cm³/mol. The number of fused-ring (bicyclic) bond motifs is 2. The standard InChI is InChI=1S/C22H30N2O6S/c1-15(30-21(25)13-18-12-16-5-6-17(18)11-16)22(26)23-19-3-2-4-20(14-19)31(27,28)24-7-9-29-10-8-24/h2-4,14-18H,5-13H2,1H3,(H,23,26)/t15-,16+,17+,18+/m0/s1. The van der Waals surface area contributed by atoms with E-state index in [0.29, 0.717) is 50.2 Å². The second kappa shape index (κ2) is 9.26. The second-order valence-electron chi connectivity index (χ2n) is 8.80. The van der Waals surface area contributed by atoms with Gasteiger partial charge in [-0.3, -0.25) is 9.59 Å². The Hall–Kier alpha value is -1.97. The van der Waals surface area contributed by atoms with Gasteiger partial charge in [0.25, 0.3) is 5.91 Å². The van der Waals surface area contributed by atoms with E-state index in [1.807, 2.05) is 0 Å². The maximum absolute atomic E-state index is 12.8. The monoisotopic (exact) mass is 450 g/mol. The van der Waals surface area contributed by atoms with Crippen molar-refractivity contribution in [2.75, 3.05) is 31.6 Å².